The van der Waals surface area contributed by atoms with E-state index in [0.717, 1.165) is 44.5 Å². The predicted octanol–water partition coefficient (Wildman–Crippen LogP) is 1.59. The van der Waals surface area contributed by atoms with Crippen molar-refractivity contribution in [1.82, 2.24) is 9.97 Å². The van der Waals surface area contributed by atoms with Gasteiger partial charge in [0, 0.05) is 19.2 Å². The van der Waals surface area contributed by atoms with Gasteiger partial charge in [0.25, 0.3) is 0 Å². The molecule has 1 aliphatic rings. The summed E-state index contributed by atoms with van der Waals surface area (Å²) in [6, 6.07) is 0.401. The molecule has 112 valence electrons. The summed E-state index contributed by atoms with van der Waals surface area (Å²) in [4.78, 5) is 10.7. The van der Waals surface area contributed by atoms with Gasteiger partial charge >= 0.3 is 0 Å². The molecule has 1 aliphatic heterocycles. The van der Waals surface area contributed by atoms with Crippen LogP contribution < -0.4 is 15.4 Å². The molecule has 0 bridgehead atoms. The number of anilines is 2. The molecule has 1 saturated heterocycles. The van der Waals surface area contributed by atoms with Gasteiger partial charge in [0.15, 0.2) is 5.82 Å². The molecule has 1 fully saturated rings. The quantitative estimate of drug-likeness (QED) is 0.789. The monoisotopic (exact) mass is 280 g/mol. The number of aromatic nitrogens is 2. The van der Waals surface area contributed by atoms with Gasteiger partial charge in [0.1, 0.15) is 12.0 Å². The summed E-state index contributed by atoms with van der Waals surface area (Å²) in [6.07, 6.45) is 6.45. The molecule has 3 N–H and O–H groups in total. The molecular formula is C14H24N4O2. The first kappa shape index (κ1) is 14.8. The van der Waals surface area contributed by atoms with Crippen molar-refractivity contribution in [3.05, 3.63) is 6.33 Å². The normalized spacial score (nSPS) is 18.5. The smallest absolute Gasteiger partial charge is 0.242 e. The first-order valence-electron chi connectivity index (χ1n) is 7.38. The zero-order chi connectivity index (χ0) is 14.4. The van der Waals surface area contributed by atoms with E-state index < -0.39 is 0 Å². The first-order chi connectivity index (χ1) is 9.77. The Morgan fingerprint density at radius 3 is 3.10 bits per heavy atom. The average molecular weight is 280 g/mol. The SMILES string of the molecule is CCCOc1ncnc(N2CCCC2CCCO)c1N. The van der Waals surface area contributed by atoms with Crippen LogP contribution in [-0.4, -0.2) is 40.9 Å². The van der Waals surface area contributed by atoms with Crippen molar-refractivity contribution in [2.24, 2.45) is 0 Å². The number of nitrogens with two attached hydrogens (primary N) is 1. The minimum atomic E-state index is 0.231. The van der Waals surface area contributed by atoms with Crippen molar-refractivity contribution in [1.29, 1.82) is 0 Å². The average Bonchev–Trinajstić information content (AvgIpc) is 2.92. The van der Waals surface area contributed by atoms with Crippen LogP contribution in [0.3, 0.4) is 0 Å². The molecule has 1 unspecified atom stereocenters. The second-order valence-corrected chi connectivity index (χ2v) is 5.12. The fourth-order valence-corrected chi connectivity index (χ4v) is 2.65. The van der Waals surface area contributed by atoms with Gasteiger partial charge in [0.05, 0.1) is 6.61 Å². The van der Waals surface area contributed by atoms with Crippen LogP contribution in [0.15, 0.2) is 6.33 Å². The van der Waals surface area contributed by atoms with E-state index in [4.69, 9.17) is 15.6 Å². The van der Waals surface area contributed by atoms with E-state index in [0.29, 0.717) is 24.2 Å². The van der Waals surface area contributed by atoms with Crippen molar-refractivity contribution in [3.8, 4) is 5.88 Å². The van der Waals surface area contributed by atoms with Crippen LogP contribution >= 0.6 is 0 Å². The fraction of sp³-hybridized carbons (Fsp3) is 0.714. The van der Waals surface area contributed by atoms with Gasteiger partial charge in [-0.1, -0.05) is 6.92 Å². The Bertz CT molecular complexity index is 428. The van der Waals surface area contributed by atoms with E-state index in [1.54, 1.807) is 0 Å². The topological polar surface area (TPSA) is 84.5 Å². The summed E-state index contributed by atoms with van der Waals surface area (Å²) in [7, 11) is 0. The van der Waals surface area contributed by atoms with E-state index in [1.807, 2.05) is 6.92 Å². The summed E-state index contributed by atoms with van der Waals surface area (Å²) in [5.74, 6) is 1.25. The molecule has 2 rings (SSSR count). The molecule has 0 aromatic carbocycles. The van der Waals surface area contributed by atoms with Gasteiger partial charge in [-0.05, 0) is 32.1 Å². The molecule has 0 aliphatic carbocycles. The molecule has 20 heavy (non-hydrogen) atoms. The number of ether oxygens (including phenoxy) is 1. The second kappa shape index (κ2) is 7.28. The van der Waals surface area contributed by atoms with E-state index in [-0.39, 0.29) is 6.61 Å². The summed E-state index contributed by atoms with van der Waals surface area (Å²) < 4.78 is 5.56. The van der Waals surface area contributed by atoms with Crippen LogP contribution in [0, 0.1) is 0 Å². The molecule has 1 aromatic rings. The van der Waals surface area contributed by atoms with Crippen molar-refractivity contribution < 1.29 is 9.84 Å². The number of hydrogen-bond acceptors (Lipinski definition) is 6. The third-order valence-corrected chi connectivity index (χ3v) is 3.61. The van der Waals surface area contributed by atoms with Crippen LogP contribution in [0.2, 0.25) is 0 Å². The van der Waals surface area contributed by atoms with E-state index in [9.17, 15) is 0 Å². The maximum atomic E-state index is 8.99. The van der Waals surface area contributed by atoms with Gasteiger partial charge in [-0.2, -0.15) is 4.98 Å². The summed E-state index contributed by atoms with van der Waals surface area (Å²) >= 11 is 0. The van der Waals surface area contributed by atoms with Gasteiger partial charge in [0.2, 0.25) is 5.88 Å². The molecular weight excluding hydrogens is 256 g/mol. The lowest BCUT2D eigenvalue weighted by Crippen LogP contribution is -2.31. The lowest BCUT2D eigenvalue weighted by molar-refractivity contribution is 0.279. The van der Waals surface area contributed by atoms with Crippen LogP contribution in [0.25, 0.3) is 0 Å². The molecule has 6 nitrogen and oxygen atoms in total. The lowest BCUT2D eigenvalue weighted by Gasteiger charge is -2.27. The summed E-state index contributed by atoms with van der Waals surface area (Å²) in [5, 5.41) is 8.99. The van der Waals surface area contributed by atoms with E-state index in [2.05, 4.69) is 14.9 Å². The minimum absolute atomic E-state index is 0.231. The van der Waals surface area contributed by atoms with Gasteiger partial charge in [-0.25, -0.2) is 4.98 Å². The standard InChI is InChI=1S/C14H24N4O2/c1-2-9-20-14-12(15)13(16-10-17-14)18-7-3-5-11(18)6-4-8-19/h10-11,19H,2-9,15H2,1H3. The predicted molar refractivity (Wildman–Crippen MR) is 78.9 cm³/mol. The third-order valence-electron chi connectivity index (χ3n) is 3.61. The Hall–Kier alpha value is -1.56. The van der Waals surface area contributed by atoms with Crippen molar-refractivity contribution in [3.63, 3.8) is 0 Å². The minimum Gasteiger partial charge on any atom is -0.476 e. The molecule has 0 amide bonds. The van der Waals surface area contributed by atoms with Gasteiger partial charge < -0.3 is 20.5 Å². The molecule has 1 atom stereocenters. The summed E-state index contributed by atoms with van der Waals surface area (Å²) in [5.41, 5.74) is 6.68. The Morgan fingerprint density at radius 2 is 2.35 bits per heavy atom. The van der Waals surface area contributed by atoms with E-state index in [1.165, 1.54) is 6.33 Å². The zero-order valence-electron chi connectivity index (χ0n) is 12.1. The lowest BCUT2D eigenvalue weighted by atomic mass is 10.1. The Labute approximate surface area is 120 Å². The van der Waals surface area contributed by atoms with Crippen LogP contribution in [0.1, 0.15) is 39.0 Å². The molecule has 0 saturated carbocycles. The maximum Gasteiger partial charge on any atom is 0.242 e. The van der Waals surface area contributed by atoms with Crippen molar-refractivity contribution in [2.45, 2.75) is 45.1 Å². The molecule has 0 radical (unpaired) electrons. The molecule has 2 heterocycles. The number of hydrogen-bond donors (Lipinski definition) is 2. The third kappa shape index (κ3) is 3.30. The molecule has 1 aromatic heterocycles. The second-order valence-electron chi connectivity index (χ2n) is 5.12. The fourth-order valence-electron chi connectivity index (χ4n) is 2.65. The number of nitrogen functional groups attached to an aromatic ring is 1. The highest BCUT2D eigenvalue weighted by atomic mass is 16.5. The van der Waals surface area contributed by atoms with Crippen molar-refractivity contribution >= 4 is 11.5 Å². The van der Waals surface area contributed by atoms with E-state index >= 15 is 0 Å². The molecule has 0 spiro atoms. The van der Waals surface area contributed by atoms with Gasteiger partial charge in [-0.15, -0.1) is 0 Å². The first-order valence-corrected chi connectivity index (χ1v) is 7.38. The Morgan fingerprint density at radius 1 is 1.50 bits per heavy atom. The highest BCUT2D eigenvalue weighted by Crippen LogP contribution is 2.34. The highest BCUT2D eigenvalue weighted by Gasteiger charge is 2.27. The Kier molecular flexibility index (Phi) is 5.40. The van der Waals surface area contributed by atoms with Crippen LogP contribution in [-0.2, 0) is 0 Å². The summed E-state index contributed by atoms with van der Waals surface area (Å²) in [6.45, 7) is 3.83. The number of nitrogens with zero attached hydrogens (tertiary/aromatic N) is 3. The van der Waals surface area contributed by atoms with Gasteiger partial charge in [-0.3, -0.25) is 0 Å². The number of aliphatic hydroxyl groups is 1. The van der Waals surface area contributed by atoms with Crippen LogP contribution in [0.4, 0.5) is 11.5 Å². The maximum absolute atomic E-state index is 8.99. The highest BCUT2D eigenvalue weighted by molar-refractivity contribution is 5.68. The Balaban J connectivity index is 2.14. The number of rotatable bonds is 7. The zero-order valence-corrected chi connectivity index (χ0v) is 12.1. The number of aliphatic hydroxyl groups excluding tert-OH is 1. The van der Waals surface area contributed by atoms with Crippen molar-refractivity contribution in [2.75, 3.05) is 30.4 Å². The largest absolute Gasteiger partial charge is 0.476 e. The van der Waals surface area contributed by atoms with Crippen LogP contribution in [0.5, 0.6) is 5.88 Å². The molecule has 6 heteroatoms.